The zero-order chi connectivity index (χ0) is 15.2. The zero-order valence-electron chi connectivity index (χ0n) is 13.5. The third-order valence-corrected chi connectivity index (χ3v) is 4.76. The zero-order valence-corrected chi connectivity index (χ0v) is 13.5. The Kier molecular flexibility index (Phi) is 6.15. The molecule has 4 atom stereocenters. The molecule has 0 bridgehead atoms. The van der Waals surface area contributed by atoms with Gasteiger partial charge < -0.3 is 15.3 Å². The molecule has 2 rings (SSSR count). The smallest absolute Gasteiger partial charge is 0.0475 e. The maximum atomic E-state index is 9.60. The molecule has 1 aromatic heterocycles. The highest BCUT2D eigenvalue weighted by molar-refractivity contribution is 5.04. The van der Waals surface area contributed by atoms with Gasteiger partial charge in [-0.25, -0.2) is 0 Å². The predicted molar refractivity (Wildman–Crippen MR) is 86.2 cm³/mol. The topological polar surface area (TPSA) is 48.4 Å². The van der Waals surface area contributed by atoms with Gasteiger partial charge in [0.05, 0.1) is 0 Å². The quantitative estimate of drug-likeness (QED) is 0.835. The van der Waals surface area contributed by atoms with Crippen LogP contribution in [0.25, 0.3) is 0 Å². The lowest BCUT2D eigenvalue weighted by Crippen LogP contribution is -2.51. The molecule has 1 saturated heterocycles. The van der Waals surface area contributed by atoms with Crippen molar-refractivity contribution >= 4 is 0 Å². The summed E-state index contributed by atoms with van der Waals surface area (Å²) in [6.07, 6.45) is 3.83. The van der Waals surface area contributed by atoms with Crippen LogP contribution >= 0.6 is 0 Å². The first kappa shape index (κ1) is 16.4. The fourth-order valence-electron chi connectivity index (χ4n) is 3.16. The number of nitrogens with zero attached hydrogens (tertiary/aromatic N) is 2. The van der Waals surface area contributed by atoms with Gasteiger partial charge in [-0.15, -0.1) is 0 Å². The molecule has 118 valence electrons. The van der Waals surface area contributed by atoms with E-state index in [-0.39, 0.29) is 12.5 Å². The molecule has 4 unspecified atom stereocenters. The Bertz CT molecular complexity index is 412. The second-order valence-electron chi connectivity index (χ2n) is 6.59. The third kappa shape index (κ3) is 4.77. The van der Waals surface area contributed by atoms with Crippen LogP contribution in [-0.4, -0.2) is 53.8 Å². The van der Waals surface area contributed by atoms with E-state index in [4.69, 9.17) is 0 Å². The molecule has 0 aromatic carbocycles. The molecule has 0 spiro atoms. The Balaban J connectivity index is 1.82. The number of rotatable bonds is 6. The highest BCUT2D eigenvalue weighted by Gasteiger charge is 2.28. The summed E-state index contributed by atoms with van der Waals surface area (Å²) in [6, 6.07) is 7.14. The summed E-state index contributed by atoms with van der Waals surface area (Å²) in [4.78, 5) is 6.78. The van der Waals surface area contributed by atoms with Gasteiger partial charge >= 0.3 is 0 Å². The van der Waals surface area contributed by atoms with Crippen molar-refractivity contribution in [1.82, 2.24) is 15.2 Å². The summed E-state index contributed by atoms with van der Waals surface area (Å²) in [7, 11) is 2.20. The number of piperidine rings is 1. The van der Waals surface area contributed by atoms with Crippen LogP contribution in [0.4, 0.5) is 0 Å². The maximum absolute atomic E-state index is 9.60. The van der Waals surface area contributed by atoms with E-state index in [2.05, 4.69) is 36.1 Å². The molecule has 21 heavy (non-hydrogen) atoms. The van der Waals surface area contributed by atoms with E-state index in [1.54, 1.807) is 0 Å². The number of hydrogen-bond donors (Lipinski definition) is 2. The highest BCUT2D eigenvalue weighted by Crippen LogP contribution is 2.21. The molecule has 4 nitrogen and oxygen atoms in total. The number of aliphatic hydroxyl groups is 1. The third-order valence-electron chi connectivity index (χ3n) is 4.76. The fourth-order valence-corrected chi connectivity index (χ4v) is 3.16. The van der Waals surface area contributed by atoms with Gasteiger partial charge in [-0.05, 0) is 50.8 Å². The van der Waals surface area contributed by atoms with Gasteiger partial charge in [-0.3, -0.25) is 4.98 Å². The Labute approximate surface area is 128 Å². The molecule has 1 aliphatic heterocycles. The minimum Gasteiger partial charge on any atom is -0.396 e. The first-order valence-electron chi connectivity index (χ1n) is 8.04. The Morgan fingerprint density at radius 2 is 2.24 bits per heavy atom. The van der Waals surface area contributed by atoms with Gasteiger partial charge in [-0.2, -0.15) is 0 Å². The summed E-state index contributed by atoms with van der Waals surface area (Å²) in [5.74, 6) is 0.891. The normalized spacial score (nSPS) is 28.5. The average molecular weight is 291 g/mol. The van der Waals surface area contributed by atoms with Crippen molar-refractivity contribution < 1.29 is 5.11 Å². The highest BCUT2D eigenvalue weighted by atomic mass is 16.3. The molecule has 0 amide bonds. The van der Waals surface area contributed by atoms with Crippen LogP contribution in [0.2, 0.25) is 0 Å². The van der Waals surface area contributed by atoms with Crippen molar-refractivity contribution in [3.63, 3.8) is 0 Å². The van der Waals surface area contributed by atoms with Crippen LogP contribution in [-0.2, 0) is 6.42 Å². The number of aliphatic hydroxyl groups excluding tert-OH is 1. The molecule has 2 heterocycles. The summed E-state index contributed by atoms with van der Waals surface area (Å²) in [6.45, 7) is 6.81. The van der Waals surface area contributed by atoms with E-state index in [9.17, 15) is 5.11 Å². The van der Waals surface area contributed by atoms with Crippen molar-refractivity contribution in [3.8, 4) is 0 Å². The molecule has 0 radical (unpaired) electrons. The van der Waals surface area contributed by atoms with E-state index in [0.29, 0.717) is 18.0 Å². The molecule has 2 N–H and O–H groups in total. The van der Waals surface area contributed by atoms with Crippen LogP contribution in [0.1, 0.15) is 26.0 Å². The lowest BCUT2D eigenvalue weighted by Gasteiger charge is -2.40. The second kappa shape index (κ2) is 7.87. The van der Waals surface area contributed by atoms with Crippen LogP contribution in [0.3, 0.4) is 0 Å². The van der Waals surface area contributed by atoms with Crippen molar-refractivity contribution in [1.29, 1.82) is 0 Å². The van der Waals surface area contributed by atoms with E-state index < -0.39 is 0 Å². The summed E-state index contributed by atoms with van der Waals surface area (Å²) >= 11 is 0. The number of pyridine rings is 1. The predicted octanol–water partition coefficient (Wildman–Crippen LogP) is 1.55. The van der Waals surface area contributed by atoms with Gasteiger partial charge in [-0.1, -0.05) is 13.0 Å². The van der Waals surface area contributed by atoms with E-state index in [1.165, 1.54) is 6.42 Å². The van der Waals surface area contributed by atoms with Crippen molar-refractivity contribution in [2.24, 2.45) is 11.8 Å². The Morgan fingerprint density at radius 1 is 1.43 bits per heavy atom. The fraction of sp³-hybridized carbons (Fsp3) is 0.706. The molecular formula is C17H29N3O. The SMILES string of the molecule is CC1CN(C)C(C)CC1NCC(CO)Cc1ccccn1. The largest absolute Gasteiger partial charge is 0.396 e. The molecule has 4 heteroatoms. The minimum absolute atomic E-state index is 0.208. The molecule has 0 saturated carbocycles. The van der Waals surface area contributed by atoms with Crippen LogP contribution in [0, 0.1) is 11.8 Å². The van der Waals surface area contributed by atoms with E-state index >= 15 is 0 Å². The number of aromatic nitrogens is 1. The monoisotopic (exact) mass is 291 g/mol. The van der Waals surface area contributed by atoms with Crippen molar-refractivity contribution in [3.05, 3.63) is 30.1 Å². The Morgan fingerprint density at radius 3 is 2.90 bits per heavy atom. The average Bonchev–Trinajstić information content (AvgIpc) is 2.49. The molecule has 1 aliphatic rings. The van der Waals surface area contributed by atoms with Crippen molar-refractivity contribution in [2.75, 3.05) is 26.7 Å². The van der Waals surface area contributed by atoms with Gasteiger partial charge in [0.15, 0.2) is 0 Å². The summed E-state index contributed by atoms with van der Waals surface area (Å²) in [5, 5.41) is 13.3. The first-order chi connectivity index (χ1) is 10.1. The molecular weight excluding hydrogens is 262 g/mol. The van der Waals surface area contributed by atoms with Gasteiger partial charge in [0, 0.05) is 43.7 Å². The van der Waals surface area contributed by atoms with Gasteiger partial charge in [0.2, 0.25) is 0 Å². The van der Waals surface area contributed by atoms with Crippen LogP contribution in [0.5, 0.6) is 0 Å². The van der Waals surface area contributed by atoms with E-state index in [0.717, 1.165) is 25.2 Å². The minimum atomic E-state index is 0.208. The summed E-state index contributed by atoms with van der Waals surface area (Å²) < 4.78 is 0. The van der Waals surface area contributed by atoms with Gasteiger partial charge in [0.1, 0.15) is 0 Å². The standard InChI is InChI=1S/C17H29N3O/c1-13-11-20(3)14(2)8-17(13)19-10-15(12-21)9-16-6-4-5-7-18-16/h4-7,13-15,17,19,21H,8-12H2,1-3H3. The molecule has 1 fully saturated rings. The molecule has 1 aromatic rings. The second-order valence-corrected chi connectivity index (χ2v) is 6.59. The number of hydrogen-bond acceptors (Lipinski definition) is 4. The van der Waals surface area contributed by atoms with E-state index in [1.807, 2.05) is 24.4 Å². The summed E-state index contributed by atoms with van der Waals surface area (Å²) in [5.41, 5.74) is 1.06. The lowest BCUT2D eigenvalue weighted by atomic mass is 9.89. The van der Waals surface area contributed by atoms with Crippen LogP contribution in [0.15, 0.2) is 24.4 Å². The Hall–Kier alpha value is -0.970. The lowest BCUT2D eigenvalue weighted by molar-refractivity contribution is 0.115. The number of likely N-dealkylation sites (tertiary alicyclic amines) is 1. The molecule has 0 aliphatic carbocycles. The van der Waals surface area contributed by atoms with Crippen LogP contribution < -0.4 is 5.32 Å². The van der Waals surface area contributed by atoms with Crippen molar-refractivity contribution in [2.45, 2.75) is 38.8 Å². The van der Waals surface area contributed by atoms with Gasteiger partial charge in [0.25, 0.3) is 0 Å². The first-order valence-corrected chi connectivity index (χ1v) is 8.04. The maximum Gasteiger partial charge on any atom is 0.0475 e. The number of nitrogens with one attached hydrogen (secondary N) is 1.